The largest absolute Gasteiger partial charge is 0.482 e. The number of benzene rings is 1. The number of nitrogens with two attached hydrogens (primary N) is 1. The third-order valence-corrected chi connectivity index (χ3v) is 3.44. The fourth-order valence-corrected chi connectivity index (χ4v) is 2.20. The van der Waals surface area contributed by atoms with E-state index in [1.807, 2.05) is 0 Å². The molecule has 1 amide bonds. The van der Waals surface area contributed by atoms with E-state index < -0.39 is 0 Å². The molecule has 22 heavy (non-hydrogen) atoms. The van der Waals surface area contributed by atoms with Crippen LogP contribution in [0, 0.1) is 0 Å². The summed E-state index contributed by atoms with van der Waals surface area (Å²) in [5.41, 5.74) is 5.40. The first-order chi connectivity index (χ1) is 10.6. The average Bonchev–Trinajstić information content (AvgIpc) is 2.49. The monoisotopic (exact) mass is 347 g/mol. The van der Waals surface area contributed by atoms with Crippen molar-refractivity contribution in [3.63, 3.8) is 0 Å². The van der Waals surface area contributed by atoms with Gasteiger partial charge in [-0.15, -0.1) is 0 Å². The van der Waals surface area contributed by atoms with Crippen molar-refractivity contribution in [1.82, 2.24) is 10.6 Å². The number of hydrogen-bond acceptors (Lipinski definition) is 4. The highest BCUT2D eigenvalue weighted by atomic mass is 35.5. The van der Waals surface area contributed by atoms with E-state index in [1.165, 1.54) is 0 Å². The summed E-state index contributed by atoms with van der Waals surface area (Å²) in [6, 6.07) is 4.89. The first-order valence-electron chi connectivity index (χ1n) is 7.39. The van der Waals surface area contributed by atoms with Gasteiger partial charge in [0.05, 0.1) is 5.02 Å². The third kappa shape index (κ3) is 8.44. The Morgan fingerprint density at radius 1 is 1.14 bits per heavy atom. The van der Waals surface area contributed by atoms with Crippen molar-refractivity contribution in [2.45, 2.75) is 19.3 Å². The lowest BCUT2D eigenvalue weighted by Gasteiger charge is -2.09. The highest BCUT2D eigenvalue weighted by Crippen LogP contribution is 2.27. The summed E-state index contributed by atoms with van der Waals surface area (Å²) in [5, 5.41) is 7.02. The van der Waals surface area contributed by atoms with Crippen molar-refractivity contribution >= 4 is 29.1 Å². The van der Waals surface area contributed by atoms with Gasteiger partial charge in [0.1, 0.15) is 5.75 Å². The molecule has 124 valence electrons. The Kier molecular flexibility index (Phi) is 9.99. The molecular weight excluding hydrogens is 325 g/mol. The standard InChI is InChI=1S/C15H23Cl2N3O2/c16-12-4-5-14(13(17)10-12)22-11-15(21)20-9-2-1-7-19-8-3-6-18/h4-5,10,19H,1-3,6-9,11,18H2,(H,20,21). The summed E-state index contributed by atoms with van der Waals surface area (Å²) in [6.07, 6.45) is 2.92. The zero-order chi connectivity index (χ0) is 16.2. The smallest absolute Gasteiger partial charge is 0.257 e. The molecule has 1 aromatic carbocycles. The number of unbranched alkanes of at least 4 members (excludes halogenated alkanes) is 1. The van der Waals surface area contributed by atoms with E-state index in [-0.39, 0.29) is 12.5 Å². The van der Waals surface area contributed by atoms with E-state index in [1.54, 1.807) is 18.2 Å². The van der Waals surface area contributed by atoms with Gasteiger partial charge < -0.3 is 21.1 Å². The number of amides is 1. The molecule has 0 aliphatic carbocycles. The van der Waals surface area contributed by atoms with E-state index in [2.05, 4.69) is 10.6 Å². The molecule has 0 spiro atoms. The Labute approximate surface area is 141 Å². The van der Waals surface area contributed by atoms with Crippen LogP contribution in [0.25, 0.3) is 0 Å². The van der Waals surface area contributed by atoms with Crippen LogP contribution in [0.4, 0.5) is 0 Å². The molecule has 0 aliphatic heterocycles. The normalized spacial score (nSPS) is 10.5. The zero-order valence-electron chi connectivity index (χ0n) is 12.5. The Morgan fingerprint density at radius 3 is 2.59 bits per heavy atom. The predicted molar refractivity (Wildman–Crippen MR) is 90.7 cm³/mol. The van der Waals surface area contributed by atoms with Crippen LogP contribution in [0.15, 0.2) is 18.2 Å². The summed E-state index contributed by atoms with van der Waals surface area (Å²) in [6.45, 7) is 3.16. The highest BCUT2D eigenvalue weighted by molar-refractivity contribution is 6.35. The Hall–Kier alpha value is -1.01. The van der Waals surface area contributed by atoms with Crippen LogP contribution in [-0.2, 0) is 4.79 Å². The molecule has 0 aromatic heterocycles. The lowest BCUT2D eigenvalue weighted by molar-refractivity contribution is -0.123. The summed E-state index contributed by atoms with van der Waals surface area (Å²) >= 11 is 11.7. The lowest BCUT2D eigenvalue weighted by Crippen LogP contribution is -2.30. The second-order valence-electron chi connectivity index (χ2n) is 4.81. The van der Waals surface area contributed by atoms with E-state index in [9.17, 15) is 4.79 Å². The van der Waals surface area contributed by atoms with Crippen LogP contribution in [0.2, 0.25) is 10.0 Å². The number of carbonyl (C=O) groups excluding carboxylic acids is 1. The van der Waals surface area contributed by atoms with Crippen LogP contribution in [0.1, 0.15) is 19.3 Å². The fourth-order valence-electron chi connectivity index (χ4n) is 1.74. The number of halogens is 2. The molecule has 0 bridgehead atoms. The lowest BCUT2D eigenvalue weighted by atomic mass is 10.3. The average molecular weight is 348 g/mol. The quantitative estimate of drug-likeness (QED) is 0.536. The Bertz CT molecular complexity index is 458. The molecule has 0 saturated heterocycles. The molecule has 4 N–H and O–H groups in total. The zero-order valence-corrected chi connectivity index (χ0v) is 14.1. The molecule has 0 unspecified atom stereocenters. The van der Waals surface area contributed by atoms with E-state index in [4.69, 9.17) is 33.7 Å². The van der Waals surface area contributed by atoms with Crippen molar-refractivity contribution < 1.29 is 9.53 Å². The van der Waals surface area contributed by atoms with Crippen LogP contribution < -0.4 is 21.1 Å². The number of hydrogen-bond donors (Lipinski definition) is 3. The summed E-state index contributed by atoms with van der Waals surface area (Å²) in [4.78, 5) is 11.6. The van der Waals surface area contributed by atoms with Crippen molar-refractivity contribution in [2.24, 2.45) is 5.73 Å². The van der Waals surface area contributed by atoms with Gasteiger partial charge in [0.25, 0.3) is 5.91 Å². The van der Waals surface area contributed by atoms with Gasteiger partial charge in [0, 0.05) is 11.6 Å². The fraction of sp³-hybridized carbons (Fsp3) is 0.533. The Balaban J connectivity index is 2.06. The summed E-state index contributed by atoms with van der Waals surface area (Å²) in [7, 11) is 0. The maximum absolute atomic E-state index is 11.6. The minimum absolute atomic E-state index is 0.0594. The minimum atomic E-state index is -0.165. The van der Waals surface area contributed by atoms with Crippen LogP contribution in [-0.4, -0.2) is 38.7 Å². The number of ether oxygens (including phenoxy) is 1. The molecular formula is C15H23Cl2N3O2. The molecule has 1 rings (SSSR count). The number of nitrogens with one attached hydrogen (secondary N) is 2. The van der Waals surface area contributed by atoms with Gasteiger partial charge in [-0.05, 0) is 57.1 Å². The highest BCUT2D eigenvalue weighted by Gasteiger charge is 2.06. The van der Waals surface area contributed by atoms with Crippen molar-refractivity contribution in [1.29, 1.82) is 0 Å². The van der Waals surface area contributed by atoms with Gasteiger partial charge >= 0.3 is 0 Å². The van der Waals surface area contributed by atoms with Gasteiger partial charge in [-0.2, -0.15) is 0 Å². The maximum atomic E-state index is 11.6. The molecule has 0 fully saturated rings. The topological polar surface area (TPSA) is 76.4 Å². The van der Waals surface area contributed by atoms with Crippen LogP contribution in [0.3, 0.4) is 0 Å². The van der Waals surface area contributed by atoms with E-state index in [0.29, 0.717) is 28.9 Å². The predicted octanol–water partition coefficient (Wildman–Crippen LogP) is 2.21. The molecule has 7 heteroatoms. The van der Waals surface area contributed by atoms with Crippen molar-refractivity contribution in [2.75, 3.05) is 32.8 Å². The van der Waals surface area contributed by atoms with Gasteiger partial charge in [0.2, 0.25) is 0 Å². The molecule has 5 nitrogen and oxygen atoms in total. The van der Waals surface area contributed by atoms with E-state index in [0.717, 1.165) is 32.4 Å². The van der Waals surface area contributed by atoms with Crippen molar-refractivity contribution in [3.05, 3.63) is 28.2 Å². The molecule has 0 aliphatic rings. The first-order valence-corrected chi connectivity index (χ1v) is 8.14. The van der Waals surface area contributed by atoms with Gasteiger partial charge in [0.15, 0.2) is 6.61 Å². The first kappa shape index (κ1) is 19.0. The Morgan fingerprint density at radius 2 is 1.86 bits per heavy atom. The van der Waals surface area contributed by atoms with Gasteiger partial charge in [-0.25, -0.2) is 0 Å². The second kappa shape index (κ2) is 11.5. The molecule has 1 aromatic rings. The number of rotatable bonds is 11. The van der Waals surface area contributed by atoms with Gasteiger partial charge in [-0.3, -0.25) is 4.79 Å². The summed E-state index contributed by atoms with van der Waals surface area (Å²) in [5.74, 6) is 0.285. The maximum Gasteiger partial charge on any atom is 0.257 e. The molecule has 0 radical (unpaired) electrons. The van der Waals surface area contributed by atoms with Crippen LogP contribution in [0.5, 0.6) is 5.75 Å². The molecule has 0 heterocycles. The van der Waals surface area contributed by atoms with E-state index >= 15 is 0 Å². The SMILES string of the molecule is NCCCNCCCCNC(=O)COc1ccc(Cl)cc1Cl. The van der Waals surface area contributed by atoms with Crippen molar-refractivity contribution in [3.8, 4) is 5.75 Å². The van der Waals surface area contributed by atoms with Crippen LogP contribution >= 0.6 is 23.2 Å². The van der Waals surface area contributed by atoms with Gasteiger partial charge in [-0.1, -0.05) is 23.2 Å². The minimum Gasteiger partial charge on any atom is -0.482 e. The third-order valence-electron chi connectivity index (χ3n) is 2.91. The summed E-state index contributed by atoms with van der Waals surface area (Å²) < 4.78 is 5.35. The number of carbonyl (C=O) groups is 1. The second-order valence-corrected chi connectivity index (χ2v) is 5.66. The molecule has 0 atom stereocenters. The molecule has 0 saturated carbocycles.